The SMILES string of the molecule is OCc1cccc(CNCc2cc(Cl)c3c(c2)OCO3)c1. The van der Waals surface area contributed by atoms with Gasteiger partial charge in [-0.05, 0) is 28.8 Å². The van der Waals surface area contributed by atoms with Crippen molar-refractivity contribution in [1.82, 2.24) is 5.32 Å². The first-order valence-electron chi connectivity index (χ1n) is 6.73. The molecule has 0 bridgehead atoms. The molecule has 1 heterocycles. The molecule has 0 fully saturated rings. The van der Waals surface area contributed by atoms with Crippen LogP contribution in [0.1, 0.15) is 16.7 Å². The maximum absolute atomic E-state index is 9.12. The lowest BCUT2D eigenvalue weighted by molar-refractivity contribution is 0.174. The van der Waals surface area contributed by atoms with Gasteiger partial charge >= 0.3 is 0 Å². The molecule has 0 radical (unpaired) electrons. The number of aliphatic hydroxyl groups excluding tert-OH is 1. The highest BCUT2D eigenvalue weighted by molar-refractivity contribution is 6.32. The van der Waals surface area contributed by atoms with Gasteiger partial charge in [-0.3, -0.25) is 0 Å². The lowest BCUT2D eigenvalue weighted by Gasteiger charge is -2.08. The van der Waals surface area contributed by atoms with Crippen LogP contribution in [0.2, 0.25) is 5.02 Å². The number of benzene rings is 2. The van der Waals surface area contributed by atoms with Crippen molar-refractivity contribution in [2.45, 2.75) is 19.7 Å². The fraction of sp³-hybridized carbons (Fsp3) is 0.250. The van der Waals surface area contributed by atoms with Crippen LogP contribution in [0, 0.1) is 0 Å². The summed E-state index contributed by atoms with van der Waals surface area (Å²) in [5.41, 5.74) is 3.09. The lowest BCUT2D eigenvalue weighted by Crippen LogP contribution is -2.12. The molecular formula is C16H16ClNO3. The van der Waals surface area contributed by atoms with Gasteiger partial charge in [0.05, 0.1) is 11.6 Å². The number of halogens is 1. The van der Waals surface area contributed by atoms with Gasteiger partial charge in [0, 0.05) is 13.1 Å². The average molecular weight is 306 g/mol. The molecule has 1 aliphatic heterocycles. The van der Waals surface area contributed by atoms with Crippen LogP contribution in [-0.4, -0.2) is 11.9 Å². The summed E-state index contributed by atoms with van der Waals surface area (Å²) < 4.78 is 10.6. The van der Waals surface area contributed by atoms with Crippen LogP contribution < -0.4 is 14.8 Å². The topological polar surface area (TPSA) is 50.7 Å². The van der Waals surface area contributed by atoms with Gasteiger partial charge in [0.1, 0.15) is 0 Å². The quantitative estimate of drug-likeness (QED) is 0.892. The number of hydrogen-bond acceptors (Lipinski definition) is 4. The molecule has 4 nitrogen and oxygen atoms in total. The smallest absolute Gasteiger partial charge is 0.231 e. The molecule has 21 heavy (non-hydrogen) atoms. The number of rotatable bonds is 5. The fourth-order valence-corrected chi connectivity index (χ4v) is 2.60. The molecule has 2 aromatic carbocycles. The third-order valence-corrected chi connectivity index (χ3v) is 3.60. The molecule has 0 spiro atoms. The minimum atomic E-state index is 0.0611. The zero-order valence-electron chi connectivity index (χ0n) is 11.4. The summed E-state index contributed by atoms with van der Waals surface area (Å²) in [7, 11) is 0. The van der Waals surface area contributed by atoms with E-state index in [-0.39, 0.29) is 13.4 Å². The maximum Gasteiger partial charge on any atom is 0.231 e. The van der Waals surface area contributed by atoms with Crippen LogP contribution in [0.3, 0.4) is 0 Å². The molecule has 1 aliphatic rings. The summed E-state index contributed by atoms with van der Waals surface area (Å²) >= 11 is 6.15. The van der Waals surface area contributed by atoms with E-state index in [1.54, 1.807) is 0 Å². The number of fused-ring (bicyclic) bond motifs is 1. The standard InChI is InChI=1S/C16H16ClNO3/c17-14-5-13(6-15-16(14)21-10-20-15)8-18-7-11-2-1-3-12(4-11)9-19/h1-6,18-19H,7-10H2. The second-order valence-electron chi connectivity index (χ2n) is 4.89. The summed E-state index contributed by atoms with van der Waals surface area (Å²) in [6.45, 7) is 1.69. The molecular weight excluding hydrogens is 290 g/mol. The number of hydrogen-bond donors (Lipinski definition) is 2. The van der Waals surface area contributed by atoms with Crippen molar-refractivity contribution in [3.63, 3.8) is 0 Å². The summed E-state index contributed by atoms with van der Waals surface area (Å²) in [6.07, 6.45) is 0. The highest BCUT2D eigenvalue weighted by Gasteiger charge is 2.17. The van der Waals surface area contributed by atoms with Crippen LogP contribution in [0.5, 0.6) is 11.5 Å². The third kappa shape index (κ3) is 3.29. The first-order valence-corrected chi connectivity index (χ1v) is 7.11. The Morgan fingerprint density at radius 3 is 2.71 bits per heavy atom. The molecule has 5 heteroatoms. The Morgan fingerprint density at radius 1 is 1.05 bits per heavy atom. The highest BCUT2D eigenvalue weighted by atomic mass is 35.5. The predicted molar refractivity (Wildman–Crippen MR) is 80.5 cm³/mol. The maximum atomic E-state index is 9.12. The fourth-order valence-electron chi connectivity index (χ4n) is 2.31. The molecule has 0 saturated carbocycles. The van der Waals surface area contributed by atoms with Gasteiger partial charge in [0.15, 0.2) is 11.5 Å². The van der Waals surface area contributed by atoms with Crippen LogP contribution in [-0.2, 0) is 19.7 Å². The van der Waals surface area contributed by atoms with Gasteiger partial charge < -0.3 is 19.9 Å². The van der Waals surface area contributed by atoms with Crippen molar-refractivity contribution in [3.8, 4) is 11.5 Å². The van der Waals surface area contributed by atoms with Crippen molar-refractivity contribution in [1.29, 1.82) is 0 Å². The first-order chi connectivity index (χ1) is 10.3. The Kier molecular flexibility index (Phi) is 4.29. The van der Waals surface area contributed by atoms with E-state index in [0.717, 1.165) is 23.2 Å². The Morgan fingerprint density at radius 2 is 1.86 bits per heavy atom. The van der Waals surface area contributed by atoms with Crippen LogP contribution in [0.4, 0.5) is 0 Å². The minimum absolute atomic E-state index is 0.0611. The van der Waals surface area contributed by atoms with E-state index in [2.05, 4.69) is 5.32 Å². The van der Waals surface area contributed by atoms with Crippen molar-refractivity contribution in [2.75, 3.05) is 6.79 Å². The summed E-state index contributed by atoms with van der Waals surface area (Å²) in [5.74, 6) is 1.32. The van der Waals surface area contributed by atoms with Gasteiger partial charge in [0.25, 0.3) is 0 Å². The van der Waals surface area contributed by atoms with E-state index in [4.69, 9.17) is 26.2 Å². The van der Waals surface area contributed by atoms with E-state index in [0.29, 0.717) is 23.1 Å². The Hall–Kier alpha value is -1.75. The molecule has 0 unspecified atom stereocenters. The molecule has 0 aliphatic carbocycles. The van der Waals surface area contributed by atoms with Crippen molar-refractivity contribution in [3.05, 3.63) is 58.1 Å². The molecule has 110 valence electrons. The minimum Gasteiger partial charge on any atom is -0.454 e. The Bertz CT molecular complexity index is 645. The zero-order chi connectivity index (χ0) is 14.7. The average Bonchev–Trinajstić information content (AvgIpc) is 2.96. The highest BCUT2D eigenvalue weighted by Crippen LogP contribution is 2.39. The normalized spacial score (nSPS) is 12.7. The molecule has 2 aromatic rings. The van der Waals surface area contributed by atoms with E-state index < -0.39 is 0 Å². The van der Waals surface area contributed by atoms with Crippen LogP contribution >= 0.6 is 11.6 Å². The zero-order valence-corrected chi connectivity index (χ0v) is 12.2. The molecule has 2 N–H and O–H groups in total. The lowest BCUT2D eigenvalue weighted by atomic mass is 10.1. The van der Waals surface area contributed by atoms with E-state index in [1.165, 1.54) is 0 Å². The summed E-state index contributed by atoms with van der Waals surface area (Å²) in [5, 5.41) is 13.0. The third-order valence-electron chi connectivity index (χ3n) is 3.32. The van der Waals surface area contributed by atoms with Crippen molar-refractivity contribution < 1.29 is 14.6 Å². The molecule has 0 saturated heterocycles. The Labute approximate surface area is 128 Å². The second-order valence-corrected chi connectivity index (χ2v) is 5.30. The van der Waals surface area contributed by atoms with Crippen molar-refractivity contribution >= 4 is 11.6 Å². The van der Waals surface area contributed by atoms with Crippen LogP contribution in [0.15, 0.2) is 36.4 Å². The van der Waals surface area contributed by atoms with E-state index in [1.807, 2.05) is 36.4 Å². The molecule has 0 aromatic heterocycles. The summed E-state index contributed by atoms with van der Waals surface area (Å²) in [6, 6.07) is 11.7. The first kappa shape index (κ1) is 14.2. The monoisotopic (exact) mass is 305 g/mol. The van der Waals surface area contributed by atoms with Gasteiger partial charge in [-0.25, -0.2) is 0 Å². The number of nitrogens with one attached hydrogen (secondary N) is 1. The van der Waals surface area contributed by atoms with E-state index in [9.17, 15) is 0 Å². The van der Waals surface area contributed by atoms with E-state index >= 15 is 0 Å². The summed E-state index contributed by atoms with van der Waals surface area (Å²) in [4.78, 5) is 0. The molecule has 3 rings (SSSR count). The predicted octanol–water partition coefficient (Wildman–Crippen LogP) is 2.85. The van der Waals surface area contributed by atoms with Gasteiger partial charge in [0.2, 0.25) is 6.79 Å². The molecule has 0 amide bonds. The Balaban J connectivity index is 1.61. The van der Waals surface area contributed by atoms with Crippen molar-refractivity contribution in [2.24, 2.45) is 0 Å². The number of aliphatic hydroxyl groups is 1. The van der Waals surface area contributed by atoms with Gasteiger partial charge in [-0.1, -0.05) is 35.9 Å². The number of ether oxygens (including phenoxy) is 2. The van der Waals surface area contributed by atoms with Gasteiger partial charge in [-0.15, -0.1) is 0 Å². The largest absolute Gasteiger partial charge is 0.454 e. The van der Waals surface area contributed by atoms with Crippen LogP contribution in [0.25, 0.3) is 0 Å². The second kappa shape index (κ2) is 6.35. The van der Waals surface area contributed by atoms with Gasteiger partial charge in [-0.2, -0.15) is 0 Å². The molecule has 0 atom stereocenters.